The summed E-state index contributed by atoms with van der Waals surface area (Å²) < 4.78 is 68.2. The maximum Gasteiger partial charge on any atom is 0.417 e. The lowest BCUT2D eigenvalue weighted by atomic mass is 10.1. The van der Waals surface area contributed by atoms with E-state index in [1.165, 1.54) is 22.2 Å². The minimum atomic E-state index is -4.60. The molecular formula is C20H23F3N8O2S. The molecule has 0 aliphatic carbocycles. The fourth-order valence-corrected chi connectivity index (χ4v) is 4.25. The molecule has 0 fully saturated rings. The van der Waals surface area contributed by atoms with Gasteiger partial charge in [0, 0.05) is 31.0 Å². The van der Waals surface area contributed by atoms with E-state index in [9.17, 15) is 21.6 Å². The van der Waals surface area contributed by atoms with E-state index in [-0.39, 0.29) is 44.5 Å². The van der Waals surface area contributed by atoms with Crippen molar-refractivity contribution in [2.45, 2.75) is 44.4 Å². The van der Waals surface area contributed by atoms with Crippen LogP contribution in [0.1, 0.15) is 33.3 Å². The summed E-state index contributed by atoms with van der Waals surface area (Å²) >= 11 is 0. The molecule has 0 saturated heterocycles. The SMILES string of the molecule is CCS(=O)(=O)c1nn2c(NNC(C)(C)C)ccnc2c1-c1nc2cc(C(F)(F)F)cnc2n1C. The molecule has 4 heterocycles. The molecule has 2 N–H and O–H groups in total. The molecule has 0 bridgehead atoms. The van der Waals surface area contributed by atoms with E-state index in [0.29, 0.717) is 12.0 Å². The monoisotopic (exact) mass is 496 g/mol. The Kier molecular flexibility index (Phi) is 5.55. The van der Waals surface area contributed by atoms with Crippen molar-refractivity contribution in [3.05, 3.63) is 30.1 Å². The van der Waals surface area contributed by atoms with Gasteiger partial charge in [-0.25, -0.2) is 28.8 Å². The highest BCUT2D eigenvalue weighted by Crippen LogP contribution is 2.35. The van der Waals surface area contributed by atoms with Gasteiger partial charge >= 0.3 is 6.18 Å². The number of pyridine rings is 1. The number of halogens is 3. The Bertz CT molecular complexity index is 1500. The van der Waals surface area contributed by atoms with Crippen molar-refractivity contribution in [3.63, 3.8) is 0 Å². The predicted molar refractivity (Wildman–Crippen MR) is 120 cm³/mol. The molecule has 0 atom stereocenters. The number of nitrogens with one attached hydrogen (secondary N) is 2. The molecule has 182 valence electrons. The number of hydrazine groups is 1. The zero-order valence-corrected chi connectivity index (χ0v) is 19.9. The molecule has 0 radical (unpaired) electrons. The highest BCUT2D eigenvalue weighted by atomic mass is 32.2. The molecule has 34 heavy (non-hydrogen) atoms. The van der Waals surface area contributed by atoms with E-state index in [0.717, 1.165) is 6.07 Å². The van der Waals surface area contributed by atoms with Crippen LogP contribution in [0.3, 0.4) is 0 Å². The zero-order chi connectivity index (χ0) is 25.1. The van der Waals surface area contributed by atoms with Crippen molar-refractivity contribution in [3.8, 4) is 11.4 Å². The van der Waals surface area contributed by atoms with Crippen molar-refractivity contribution < 1.29 is 21.6 Å². The first kappa shape index (κ1) is 23.9. The molecule has 4 rings (SSSR count). The van der Waals surface area contributed by atoms with Gasteiger partial charge in [-0.2, -0.15) is 22.8 Å². The van der Waals surface area contributed by atoms with E-state index in [2.05, 4.69) is 30.9 Å². The van der Waals surface area contributed by atoms with Gasteiger partial charge in [0.15, 0.2) is 26.2 Å². The predicted octanol–water partition coefficient (Wildman–Crippen LogP) is 3.21. The van der Waals surface area contributed by atoms with E-state index in [4.69, 9.17) is 0 Å². The summed E-state index contributed by atoms with van der Waals surface area (Å²) in [7, 11) is -2.32. The number of alkyl halides is 3. The molecule has 0 saturated carbocycles. The van der Waals surface area contributed by atoms with Crippen LogP contribution in [0.25, 0.3) is 28.2 Å². The first-order chi connectivity index (χ1) is 15.7. The molecule has 0 amide bonds. The summed E-state index contributed by atoms with van der Waals surface area (Å²) in [5.74, 6) is 0.250. The van der Waals surface area contributed by atoms with Crippen LogP contribution in [0.5, 0.6) is 0 Å². The third-order valence-corrected chi connectivity index (χ3v) is 6.62. The zero-order valence-electron chi connectivity index (χ0n) is 19.1. The third kappa shape index (κ3) is 4.18. The Morgan fingerprint density at radius 1 is 1.12 bits per heavy atom. The minimum Gasteiger partial charge on any atom is -0.312 e. The van der Waals surface area contributed by atoms with Crippen LogP contribution >= 0.6 is 0 Å². The lowest BCUT2D eigenvalue weighted by Gasteiger charge is -2.21. The normalized spacial score (nSPS) is 13.2. The topological polar surface area (TPSA) is 119 Å². The molecule has 0 spiro atoms. The second-order valence-electron chi connectivity index (χ2n) is 8.71. The van der Waals surface area contributed by atoms with Crippen molar-refractivity contribution in [2.75, 3.05) is 11.2 Å². The van der Waals surface area contributed by atoms with Gasteiger partial charge in [-0.05, 0) is 26.8 Å². The molecular weight excluding hydrogens is 473 g/mol. The van der Waals surface area contributed by atoms with Gasteiger partial charge in [-0.3, -0.25) is 0 Å². The highest BCUT2D eigenvalue weighted by Gasteiger charge is 2.33. The summed E-state index contributed by atoms with van der Waals surface area (Å²) in [5.41, 5.74) is 5.19. The number of sulfone groups is 1. The fraction of sp³-hybridized carbons (Fsp3) is 0.400. The van der Waals surface area contributed by atoms with Crippen LogP contribution in [-0.2, 0) is 23.1 Å². The number of hydrogen-bond donors (Lipinski definition) is 2. The van der Waals surface area contributed by atoms with Gasteiger partial charge in [-0.1, -0.05) is 6.92 Å². The van der Waals surface area contributed by atoms with E-state index in [1.54, 1.807) is 13.1 Å². The molecule has 14 heteroatoms. The number of rotatable bonds is 5. The van der Waals surface area contributed by atoms with Gasteiger partial charge in [0.05, 0.1) is 11.3 Å². The van der Waals surface area contributed by atoms with E-state index in [1.807, 2.05) is 20.8 Å². The first-order valence-electron chi connectivity index (χ1n) is 10.3. The van der Waals surface area contributed by atoms with Gasteiger partial charge in [0.2, 0.25) is 0 Å². The van der Waals surface area contributed by atoms with E-state index < -0.39 is 21.6 Å². The summed E-state index contributed by atoms with van der Waals surface area (Å²) in [5, 5.41) is 4.03. The van der Waals surface area contributed by atoms with Gasteiger partial charge < -0.3 is 9.99 Å². The highest BCUT2D eigenvalue weighted by molar-refractivity contribution is 7.91. The molecule has 0 unspecified atom stereocenters. The van der Waals surface area contributed by atoms with Crippen LogP contribution < -0.4 is 10.9 Å². The van der Waals surface area contributed by atoms with Crippen molar-refractivity contribution in [1.82, 2.24) is 34.6 Å². The standard InChI is InChI=1S/C20H23F3N8O2S/c1-6-34(32,33)18-14(16-24-8-7-13(31(16)28-18)27-29-19(2,3)4)17-26-12-9-11(20(21,22)23)10-25-15(12)30(17)5/h7-10,27,29H,6H2,1-5H3. The average Bonchev–Trinajstić information content (AvgIpc) is 3.29. The molecule has 0 aliphatic rings. The lowest BCUT2D eigenvalue weighted by Crippen LogP contribution is -2.40. The van der Waals surface area contributed by atoms with Crippen LogP contribution in [0.4, 0.5) is 19.0 Å². The summed E-state index contributed by atoms with van der Waals surface area (Å²) in [6.07, 6.45) is -2.41. The summed E-state index contributed by atoms with van der Waals surface area (Å²) in [4.78, 5) is 12.5. The minimum absolute atomic E-state index is 0.0322. The molecule has 0 aromatic carbocycles. The van der Waals surface area contributed by atoms with Crippen LogP contribution in [0.2, 0.25) is 0 Å². The summed E-state index contributed by atoms with van der Waals surface area (Å²) in [6, 6.07) is 2.48. The largest absolute Gasteiger partial charge is 0.417 e. The average molecular weight is 497 g/mol. The Labute approximate surface area is 193 Å². The van der Waals surface area contributed by atoms with Gasteiger partial charge in [-0.15, -0.1) is 0 Å². The van der Waals surface area contributed by atoms with Crippen molar-refractivity contribution >= 4 is 32.5 Å². The molecule has 0 aliphatic heterocycles. The Morgan fingerprint density at radius 2 is 1.82 bits per heavy atom. The second kappa shape index (κ2) is 7.91. The Hall–Kier alpha value is -3.26. The number of nitrogens with zero attached hydrogens (tertiary/aromatic N) is 6. The number of hydrogen-bond acceptors (Lipinski definition) is 8. The fourth-order valence-electron chi connectivity index (χ4n) is 3.28. The van der Waals surface area contributed by atoms with Crippen molar-refractivity contribution in [2.24, 2.45) is 7.05 Å². The van der Waals surface area contributed by atoms with Crippen LogP contribution in [0, 0.1) is 0 Å². The number of imidazole rings is 1. The van der Waals surface area contributed by atoms with Gasteiger partial charge in [0.25, 0.3) is 0 Å². The lowest BCUT2D eigenvalue weighted by molar-refractivity contribution is -0.137. The number of aryl methyl sites for hydroxylation is 1. The maximum atomic E-state index is 13.2. The quantitative estimate of drug-likeness (QED) is 0.405. The maximum absolute atomic E-state index is 13.2. The smallest absolute Gasteiger partial charge is 0.312 e. The second-order valence-corrected chi connectivity index (χ2v) is 10.9. The van der Waals surface area contributed by atoms with E-state index >= 15 is 0 Å². The number of fused-ring (bicyclic) bond motifs is 2. The number of anilines is 1. The Balaban J connectivity index is 2.00. The molecule has 4 aromatic heterocycles. The third-order valence-electron chi connectivity index (χ3n) is 4.99. The Morgan fingerprint density at radius 3 is 2.44 bits per heavy atom. The number of aromatic nitrogens is 6. The molecule has 4 aromatic rings. The van der Waals surface area contributed by atoms with Crippen molar-refractivity contribution in [1.29, 1.82) is 0 Å². The summed E-state index contributed by atoms with van der Waals surface area (Å²) in [6.45, 7) is 7.27. The van der Waals surface area contributed by atoms with Crippen LogP contribution in [0.15, 0.2) is 29.6 Å². The molecule has 10 nitrogen and oxygen atoms in total. The van der Waals surface area contributed by atoms with Crippen LogP contribution in [-0.4, -0.2) is 48.8 Å². The van der Waals surface area contributed by atoms with Gasteiger partial charge in [0.1, 0.15) is 22.7 Å². The first-order valence-corrected chi connectivity index (χ1v) is 11.9.